The molecule has 112 valence electrons. The highest BCUT2D eigenvalue weighted by Crippen LogP contribution is 2.49. The molecule has 2 nitrogen and oxygen atoms in total. The van der Waals surface area contributed by atoms with Crippen molar-refractivity contribution < 1.29 is 0 Å². The Kier molecular flexibility index (Phi) is 3.58. The lowest BCUT2D eigenvalue weighted by atomic mass is 10.1. The molecule has 0 saturated carbocycles. The third-order valence-corrected chi connectivity index (χ3v) is 6.29. The van der Waals surface area contributed by atoms with Gasteiger partial charge in [0, 0.05) is 39.2 Å². The molecule has 0 fully saturated rings. The van der Waals surface area contributed by atoms with Gasteiger partial charge in [-0.15, -0.1) is 0 Å². The highest BCUT2D eigenvalue weighted by molar-refractivity contribution is 7.47. The number of nitrogens with two attached hydrogens (primary N) is 1. The first-order valence-electron chi connectivity index (χ1n) is 7.54. The van der Waals surface area contributed by atoms with Crippen LogP contribution in [0.3, 0.4) is 0 Å². The quantitative estimate of drug-likeness (QED) is 0.296. The summed E-state index contributed by atoms with van der Waals surface area (Å²) in [6, 6.07) is 30.0. The molecule has 0 aliphatic heterocycles. The molecular formula is C20H17N2S+. The number of benzene rings is 3. The van der Waals surface area contributed by atoms with Crippen LogP contribution in [0.25, 0.3) is 25.4 Å². The Morgan fingerprint density at radius 2 is 1.43 bits per heavy atom. The van der Waals surface area contributed by atoms with E-state index in [1.807, 2.05) is 6.07 Å². The van der Waals surface area contributed by atoms with Crippen LogP contribution in [0.5, 0.6) is 0 Å². The largest absolute Gasteiger partial charge is 0.324 e. The van der Waals surface area contributed by atoms with E-state index in [2.05, 4.69) is 84.3 Å². The normalized spacial score (nSPS) is 11.6. The minimum absolute atomic E-state index is 0.0721. The molecule has 1 aromatic heterocycles. The minimum Gasteiger partial charge on any atom is -0.324 e. The van der Waals surface area contributed by atoms with Crippen molar-refractivity contribution in [2.24, 2.45) is 5.84 Å². The Balaban J connectivity index is 2.04. The van der Waals surface area contributed by atoms with Gasteiger partial charge in [0.2, 0.25) is 0 Å². The smallest absolute Gasteiger partial charge is 0.187 e. The second kappa shape index (κ2) is 5.88. The number of thiophene rings is 1. The fourth-order valence-electron chi connectivity index (χ4n) is 2.87. The van der Waals surface area contributed by atoms with Crippen LogP contribution < -0.4 is 11.3 Å². The number of nitrogen functional groups attached to an aromatic ring is 1. The zero-order valence-corrected chi connectivity index (χ0v) is 13.4. The van der Waals surface area contributed by atoms with E-state index >= 15 is 0 Å². The number of fused-ring (bicyclic) bond motifs is 1. The first kappa shape index (κ1) is 14.0. The first-order chi connectivity index (χ1) is 11.4. The van der Waals surface area contributed by atoms with E-state index in [0.29, 0.717) is 0 Å². The van der Waals surface area contributed by atoms with E-state index in [9.17, 15) is 0 Å². The van der Waals surface area contributed by atoms with Gasteiger partial charge in [-0.25, -0.2) is 0 Å². The molecular weight excluding hydrogens is 300 g/mol. The summed E-state index contributed by atoms with van der Waals surface area (Å²) in [5.74, 6) is 5.57. The van der Waals surface area contributed by atoms with Gasteiger partial charge in [0.15, 0.2) is 14.5 Å². The average molecular weight is 317 g/mol. The van der Waals surface area contributed by atoms with Gasteiger partial charge in [-0.05, 0) is 36.4 Å². The number of hydrogen-bond donors (Lipinski definition) is 2. The molecule has 0 saturated heterocycles. The highest BCUT2D eigenvalue weighted by Gasteiger charge is 2.24. The predicted octanol–water partition coefficient (Wildman–Crippen LogP) is 5.53. The van der Waals surface area contributed by atoms with Crippen LogP contribution >= 0.6 is 10.5 Å². The third-order valence-electron chi connectivity index (χ3n) is 3.94. The summed E-state index contributed by atoms with van der Waals surface area (Å²) in [6.07, 6.45) is 0. The van der Waals surface area contributed by atoms with Gasteiger partial charge in [0.25, 0.3) is 0 Å². The molecule has 1 unspecified atom stereocenters. The lowest BCUT2D eigenvalue weighted by Gasteiger charge is -1.99. The Hall–Kier alpha value is -2.62. The molecule has 0 spiro atoms. The highest BCUT2D eigenvalue weighted by atomic mass is 32.2. The zero-order valence-electron chi connectivity index (χ0n) is 12.6. The van der Waals surface area contributed by atoms with E-state index in [0.717, 1.165) is 5.69 Å². The summed E-state index contributed by atoms with van der Waals surface area (Å²) in [6.45, 7) is 0. The maximum Gasteiger partial charge on any atom is 0.187 e. The van der Waals surface area contributed by atoms with Gasteiger partial charge < -0.3 is 5.43 Å². The van der Waals surface area contributed by atoms with Crippen LogP contribution in [0, 0.1) is 0 Å². The maximum atomic E-state index is 5.57. The van der Waals surface area contributed by atoms with Crippen molar-refractivity contribution in [2.45, 2.75) is 0 Å². The van der Waals surface area contributed by atoms with Gasteiger partial charge >= 0.3 is 0 Å². The van der Waals surface area contributed by atoms with Crippen molar-refractivity contribution in [1.29, 1.82) is 0 Å². The van der Waals surface area contributed by atoms with E-state index < -0.39 is 0 Å². The Morgan fingerprint density at radius 1 is 0.739 bits per heavy atom. The van der Waals surface area contributed by atoms with E-state index in [-0.39, 0.29) is 10.5 Å². The van der Waals surface area contributed by atoms with Gasteiger partial charge in [-0.1, -0.05) is 36.4 Å². The minimum atomic E-state index is -0.0721. The summed E-state index contributed by atoms with van der Waals surface area (Å²) >= 11 is 0. The van der Waals surface area contributed by atoms with Crippen LogP contribution in [-0.2, 0) is 0 Å². The molecule has 4 aromatic rings. The molecule has 4 rings (SSSR count). The fourth-order valence-corrected chi connectivity index (χ4v) is 5.22. The molecule has 0 amide bonds. The monoisotopic (exact) mass is 317 g/mol. The topological polar surface area (TPSA) is 38.0 Å². The lowest BCUT2D eigenvalue weighted by Crippen LogP contribution is -2.05. The van der Waals surface area contributed by atoms with Crippen molar-refractivity contribution in [3.8, 4) is 15.3 Å². The van der Waals surface area contributed by atoms with Crippen molar-refractivity contribution in [3.63, 3.8) is 0 Å². The Labute approximate surface area is 138 Å². The summed E-state index contributed by atoms with van der Waals surface area (Å²) < 4.78 is 1.36. The van der Waals surface area contributed by atoms with Crippen LogP contribution in [0.15, 0.2) is 84.9 Å². The van der Waals surface area contributed by atoms with E-state index in [4.69, 9.17) is 5.84 Å². The molecule has 3 heteroatoms. The number of nitrogens with one attached hydrogen (secondary N) is 1. The predicted molar refractivity (Wildman–Crippen MR) is 101 cm³/mol. The molecule has 1 atom stereocenters. The Bertz CT molecular complexity index is 943. The maximum absolute atomic E-state index is 5.57. The van der Waals surface area contributed by atoms with Crippen molar-refractivity contribution >= 4 is 26.2 Å². The molecule has 0 aliphatic carbocycles. The van der Waals surface area contributed by atoms with Gasteiger partial charge in [0.1, 0.15) is 0 Å². The first-order valence-corrected chi connectivity index (χ1v) is 8.76. The zero-order chi connectivity index (χ0) is 15.6. The summed E-state index contributed by atoms with van der Waals surface area (Å²) in [5.41, 5.74) is 4.95. The third kappa shape index (κ3) is 2.50. The van der Waals surface area contributed by atoms with Gasteiger partial charge in [-0.2, -0.15) is 0 Å². The van der Waals surface area contributed by atoms with Crippen molar-refractivity contribution in [3.05, 3.63) is 84.9 Å². The number of hydrogen-bond acceptors (Lipinski definition) is 2. The van der Waals surface area contributed by atoms with Crippen molar-refractivity contribution in [2.75, 3.05) is 5.43 Å². The fraction of sp³-hybridized carbons (Fsp3) is 0. The van der Waals surface area contributed by atoms with Crippen LogP contribution in [0.4, 0.5) is 5.69 Å². The van der Waals surface area contributed by atoms with Crippen LogP contribution in [-0.4, -0.2) is 0 Å². The average Bonchev–Trinajstić information content (AvgIpc) is 3.01. The standard InChI is InChI=1S/C20H17N2S/c21-22-17-11-12-19-16(13-17)14-20(15-7-3-1-4-8-15)23(19)18-9-5-2-6-10-18/h1-14,22H,21H2/q+1. The molecule has 0 bridgehead atoms. The summed E-state index contributed by atoms with van der Waals surface area (Å²) in [5, 5.41) is 1.24. The number of anilines is 1. The SMILES string of the molecule is NNc1ccc2c(c1)cc(-c1ccccc1)[s+]2-c1ccccc1. The molecule has 23 heavy (non-hydrogen) atoms. The van der Waals surface area contributed by atoms with Crippen molar-refractivity contribution in [1.82, 2.24) is 0 Å². The van der Waals surface area contributed by atoms with E-state index in [1.165, 1.54) is 25.4 Å². The molecule has 0 aliphatic rings. The van der Waals surface area contributed by atoms with Crippen LogP contribution in [0.2, 0.25) is 0 Å². The van der Waals surface area contributed by atoms with Crippen LogP contribution in [0.1, 0.15) is 0 Å². The van der Waals surface area contributed by atoms with Gasteiger partial charge in [0.05, 0.1) is 0 Å². The van der Waals surface area contributed by atoms with E-state index in [1.54, 1.807) is 0 Å². The Morgan fingerprint density at radius 3 is 2.13 bits per heavy atom. The molecule has 0 radical (unpaired) electrons. The second-order valence-electron chi connectivity index (χ2n) is 5.39. The second-order valence-corrected chi connectivity index (χ2v) is 7.35. The number of hydrazine groups is 1. The molecule has 1 heterocycles. The molecule has 3 aromatic carbocycles. The molecule has 3 N–H and O–H groups in total. The summed E-state index contributed by atoms with van der Waals surface area (Å²) in [7, 11) is -0.0721. The van der Waals surface area contributed by atoms with Gasteiger partial charge in [-0.3, -0.25) is 5.84 Å². The lowest BCUT2D eigenvalue weighted by molar-refractivity contribution is 1.36. The summed E-state index contributed by atoms with van der Waals surface area (Å²) in [4.78, 5) is 2.70. The number of rotatable bonds is 3.